The van der Waals surface area contributed by atoms with Gasteiger partial charge in [0.05, 0.1) is 0 Å². The fraction of sp³-hybridized carbons (Fsp3) is 0.0714. The second-order valence-corrected chi connectivity index (χ2v) is 3.88. The van der Waals surface area contributed by atoms with Gasteiger partial charge in [-0.05, 0) is 35.4 Å². The van der Waals surface area contributed by atoms with Crippen molar-refractivity contribution in [2.75, 3.05) is 11.1 Å². The number of benzene rings is 2. The van der Waals surface area contributed by atoms with E-state index in [9.17, 15) is 4.79 Å². The molecule has 0 atom stereocenters. The maximum Gasteiger partial charge on any atom is 0.221 e. The molecule has 0 unspecified atom stereocenters. The smallest absolute Gasteiger partial charge is 0.221 e. The number of carbonyl (C=O) groups is 1. The minimum atomic E-state index is -0.0679. The van der Waals surface area contributed by atoms with Crippen LogP contribution in [0, 0.1) is 0 Å². The van der Waals surface area contributed by atoms with Gasteiger partial charge in [0.2, 0.25) is 5.91 Å². The maximum absolute atomic E-state index is 10.9. The molecule has 1 amide bonds. The van der Waals surface area contributed by atoms with Crippen molar-refractivity contribution in [2.45, 2.75) is 6.92 Å². The van der Waals surface area contributed by atoms with Crippen molar-refractivity contribution in [3.05, 3.63) is 48.5 Å². The molecule has 0 heterocycles. The lowest BCUT2D eigenvalue weighted by molar-refractivity contribution is -0.114. The molecule has 0 saturated heterocycles. The summed E-state index contributed by atoms with van der Waals surface area (Å²) in [5, 5.41) is 2.73. The van der Waals surface area contributed by atoms with Crippen LogP contribution >= 0.6 is 0 Å². The first-order chi connectivity index (χ1) is 8.15. The van der Waals surface area contributed by atoms with Gasteiger partial charge >= 0.3 is 0 Å². The molecule has 0 fully saturated rings. The Morgan fingerprint density at radius 2 is 1.76 bits per heavy atom. The molecule has 0 saturated carbocycles. The van der Waals surface area contributed by atoms with E-state index in [2.05, 4.69) is 5.32 Å². The second kappa shape index (κ2) is 4.70. The number of hydrogen-bond donors (Lipinski definition) is 2. The van der Waals surface area contributed by atoms with E-state index < -0.39 is 0 Å². The highest BCUT2D eigenvalue weighted by Crippen LogP contribution is 2.23. The van der Waals surface area contributed by atoms with Gasteiger partial charge in [0.1, 0.15) is 0 Å². The topological polar surface area (TPSA) is 55.1 Å². The van der Waals surface area contributed by atoms with E-state index in [4.69, 9.17) is 5.73 Å². The molecule has 2 aromatic carbocycles. The normalized spacial score (nSPS) is 9.94. The van der Waals surface area contributed by atoms with Crippen LogP contribution in [-0.2, 0) is 4.79 Å². The van der Waals surface area contributed by atoms with Crippen molar-refractivity contribution >= 4 is 17.3 Å². The molecule has 3 N–H and O–H groups in total. The van der Waals surface area contributed by atoms with Crippen LogP contribution in [-0.4, -0.2) is 5.91 Å². The maximum atomic E-state index is 10.9. The summed E-state index contributed by atoms with van der Waals surface area (Å²) >= 11 is 0. The number of nitrogens with one attached hydrogen (secondary N) is 1. The van der Waals surface area contributed by atoms with Crippen LogP contribution in [0.3, 0.4) is 0 Å². The quantitative estimate of drug-likeness (QED) is 0.773. The van der Waals surface area contributed by atoms with Crippen molar-refractivity contribution in [1.82, 2.24) is 0 Å². The molecule has 0 spiro atoms. The van der Waals surface area contributed by atoms with Crippen molar-refractivity contribution in [3.8, 4) is 11.1 Å². The summed E-state index contributed by atoms with van der Waals surface area (Å²) in [4.78, 5) is 10.9. The number of hydrogen-bond acceptors (Lipinski definition) is 2. The molecule has 0 radical (unpaired) electrons. The molecule has 2 aromatic rings. The van der Waals surface area contributed by atoms with Gasteiger partial charge in [0, 0.05) is 18.3 Å². The van der Waals surface area contributed by atoms with Crippen LogP contribution in [0.1, 0.15) is 6.92 Å². The molecular weight excluding hydrogens is 212 g/mol. The molecule has 0 aliphatic rings. The van der Waals surface area contributed by atoms with E-state index in [0.717, 1.165) is 22.5 Å². The van der Waals surface area contributed by atoms with Crippen molar-refractivity contribution in [2.24, 2.45) is 0 Å². The molecule has 0 aliphatic carbocycles. The van der Waals surface area contributed by atoms with Gasteiger partial charge < -0.3 is 11.1 Å². The summed E-state index contributed by atoms with van der Waals surface area (Å²) in [6.07, 6.45) is 0. The Morgan fingerprint density at radius 3 is 2.35 bits per heavy atom. The average Bonchev–Trinajstić information content (AvgIpc) is 2.29. The van der Waals surface area contributed by atoms with E-state index in [1.165, 1.54) is 6.92 Å². The molecule has 2 rings (SSSR count). The van der Waals surface area contributed by atoms with Gasteiger partial charge in [-0.15, -0.1) is 0 Å². The van der Waals surface area contributed by atoms with E-state index >= 15 is 0 Å². The van der Waals surface area contributed by atoms with E-state index in [-0.39, 0.29) is 5.91 Å². The number of rotatable bonds is 2. The number of nitrogens with two attached hydrogens (primary N) is 1. The van der Waals surface area contributed by atoms with Crippen molar-refractivity contribution < 1.29 is 4.79 Å². The zero-order chi connectivity index (χ0) is 12.3. The highest BCUT2D eigenvalue weighted by Gasteiger charge is 1.99. The largest absolute Gasteiger partial charge is 0.399 e. The predicted molar refractivity (Wildman–Crippen MR) is 70.6 cm³/mol. The SMILES string of the molecule is CC(=O)Nc1ccc(-c2cccc(N)c2)cc1. The van der Waals surface area contributed by atoms with Crippen LogP contribution in [0.4, 0.5) is 11.4 Å². The number of nitrogen functional groups attached to an aromatic ring is 1. The van der Waals surface area contributed by atoms with Crippen molar-refractivity contribution in [3.63, 3.8) is 0 Å². The summed E-state index contributed by atoms with van der Waals surface area (Å²) in [5.41, 5.74) is 9.42. The van der Waals surface area contributed by atoms with Crippen LogP contribution in [0.5, 0.6) is 0 Å². The highest BCUT2D eigenvalue weighted by molar-refractivity contribution is 5.89. The Morgan fingerprint density at radius 1 is 1.06 bits per heavy atom. The molecule has 3 heteroatoms. The zero-order valence-electron chi connectivity index (χ0n) is 9.60. The summed E-state index contributed by atoms with van der Waals surface area (Å²) < 4.78 is 0. The van der Waals surface area contributed by atoms with Gasteiger partial charge in [0.25, 0.3) is 0 Å². The Hall–Kier alpha value is -2.29. The monoisotopic (exact) mass is 226 g/mol. The first-order valence-corrected chi connectivity index (χ1v) is 5.39. The number of amides is 1. The van der Waals surface area contributed by atoms with E-state index in [0.29, 0.717) is 0 Å². The summed E-state index contributed by atoms with van der Waals surface area (Å²) in [6, 6.07) is 15.4. The summed E-state index contributed by atoms with van der Waals surface area (Å²) in [6.45, 7) is 1.49. The molecule has 17 heavy (non-hydrogen) atoms. The zero-order valence-corrected chi connectivity index (χ0v) is 9.60. The first kappa shape index (κ1) is 11.2. The fourth-order valence-electron chi connectivity index (χ4n) is 1.67. The van der Waals surface area contributed by atoms with E-state index in [1.807, 2.05) is 48.5 Å². The average molecular weight is 226 g/mol. The standard InChI is InChI=1S/C14H14N2O/c1-10(17)16-14-7-5-11(6-8-14)12-3-2-4-13(15)9-12/h2-9H,15H2,1H3,(H,16,17). The molecule has 0 aliphatic heterocycles. The Kier molecular flexibility index (Phi) is 3.10. The Bertz CT molecular complexity index is 532. The molecular formula is C14H14N2O. The van der Waals surface area contributed by atoms with Gasteiger partial charge in [-0.25, -0.2) is 0 Å². The number of anilines is 2. The fourth-order valence-corrected chi connectivity index (χ4v) is 1.67. The third-order valence-corrected chi connectivity index (χ3v) is 2.43. The summed E-state index contributed by atoms with van der Waals surface area (Å²) in [7, 11) is 0. The molecule has 3 nitrogen and oxygen atoms in total. The second-order valence-electron chi connectivity index (χ2n) is 3.88. The van der Waals surface area contributed by atoms with E-state index in [1.54, 1.807) is 0 Å². The van der Waals surface area contributed by atoms with Crippen LogP contribution < -0.4 is 11.1 Å². The minimum Gasteiger partial charge on any atom is -0.399 e. The van der Waals surface area contributed by atoms with Crippen LogP contribution in [0.2, 0.25) is 0 Å². The predicted octanol–water partition coefficient (Wildman–Crippen LogP) is 2.89. The first-order valence-electron chi connectivity index (χ1n) is 5.39. The molecule has 0 aromatic heterocycles. The molecule has 86 valence electrons. The lowest BCUT2D eigenvalue weighted by Gasteiger charge is -2.05. The van der Waals surface area contributed by atoms with Crippen molar-refractivity contribution in [1.29, 1.82) is 0 Å². The van der Waals surface area contributed by atoms with Gasteiger partial charge in [-0.2, -0.15) is 0 Å². The Labute approximate surface area is 100 Å². The lowest BCUT2D eigenvalue weighted by Crippen LogP contribution is -2.05. The third-order valence-electron chi connectivity index (χ3n) is 2.43. The van der Waals surface area contributed by atoms with Gasteiger partial charge in [-0.1, -0.05) is 24.3 Å². The number of carbonyl (C=O) groups excluding carboxylic acids is 1. The van der Waals surface area contributed by atoms with Gasteiger partial charge in [-0.3, -0.25) is 4.79 Å². The summed E-state index contributed by atoms with van der Waals surface area (Å²) in [5.74, 6) is -0.0679. The van der Waals surface area contributed by atoms with Crippen LogP contribution in [0.25, 0.3) is 11.1 Å². The molecule has 0 bridgehead atoms. The van der Waals surface area contributed by atoms with Crippen LogP contribution in [0.15, 0.2) is 48.5 Å². The third kappa shape index (κ3) is 2.84. The lowest BCUT2D eigenvalue weighted by atomic mass is 10.0. The highest BCUT2D eigenvalue weighted by atomic mass is 16.1. The Balaban J connectivity index is 2.26. The minimum absolute atomic E-state index is 0.0679. The van der Waals surface area contributed by atoms with Gasteiger partial charge in [0.15, 0.2) is 0 Å².